The summed E-state index contributed by atoms with van der Waals surface area (Å²) >= 11 is 0. The van der Waals surface area contributed by atoms with Crippen molar-refractivity contribution in [2.75, 3.05) is 68.8 Å². The number of hydrogen-bond donors (Lipinski definition) is 0. The van der Waals surface area contributed by atoms with E-state index in [1.165, 1.54) is 0 Å². The zero-order chi connectivity index (χ0) is 17.6. The molecule has 1 aromatic rings. The predicted octanol–water partition coefficient (Wildman–Crippen LogP) is -0.571. The van der Waals surface area contributed by atoms with E-state index < -0.39 is 0 Å². The number of rotatable bonds is 4. The summed E-state index contributed by atoms with van der Waals surface area (Å²) in [6.07, 6.45) is 2.25. The van der Waals surface area contributed by atoms with E-state index in [2.05, 4.69) is 20.1 Å². The molecule has 2 aliphatic rings. The molecule has 0 N–H and O–H groups in total. The number of aromatic nitrogens is 3. The van der Waals surface area contributed by atoms with Crippen LogP contribution in [0.3, 0.4) is 0 Å². The lowest BCUT2D eigenvalue weighted by molar-refractivity contribution is -0.118. The maximum absolute atomic E-state index is 11.8. The van der Waals surface area contributed by atoms with Crippen LogP contribution in [0.25, 0.3) is 0 Å². The van der Waals surface area contributed by atoms with E-state index in [1.54, 1.807) is 22.9 Å². The number of piperazine rings is 2. The fourth-order valence-corrected chi connectivity index (χ4v) is 2.93. The van der Waals surface area contributed by atoms with Gasteiger partial charge in [-0.25, -0.2) is 4.79 Å². The number of amides is 2. The Morgan fingerprint density at radius 3 is 2.44 bits per heavy atom. The van der Waals surface area contributed by atoms with E-state index in [-0.39, 0.29) is 6.09 Å². The number of anilines is 2. The van der Waals surface area contributed by atoms with Crippen molar-refractivity contribution in [1.29, 1.82) is 0 Å². The topological polar surface area (TPSA) is 95.0 Å². The lowest BCUT2D eigenvalue weighted by atomic mass is 10.3. The van der Waals surface area contributed by atoms with Crippen LogP contribution in [0.2, 0.25) is 0 Å². The highest BCUT2D eigenvalue weighted by Gasteiger charge is 2.24. The van der Waals surface area contributed by atoms with E-state index in [0.717, 1.165) is 12.2 Å². The zero-order valence-electron chi connectivity index (χ0n) is 14.4. The standard InChI is InChI=1S/C15H23N7O3/c1-2-25-15(24)22-9-7-20(8-10-22)13-11-16-18-14(17-13)21-5-3-19(12-23)4-6-21/h11-12H,2-10H2,1H3. The van der Waals surface area contributed by atoms with Gasteiger partial charge in [-0.3, -0.25) is 4.79 Å². The molecule has 2 aliphatic heterocycles. The minimum absolute atomic E-state index is 0.267. The molecule has 1 aromatic heterocycles. The van der Waals surface area contributed by atoms with E-state index in [0.29, 0.717) is 64.9 Å². The van der Waals surface area contributed by atoms with Crippen molar-refractivity contribution in [1.82, 2.24) is 25.0 Å². The molecule has 2 amide bonds. The van der Waals surface area contributed by atoms with Crippen LogP contribution in [0, 0.1) is 0 Å². The van der Waals surface area contributed by atoms with Gasteiger partial charge in [0, 0.05) is 52.4 Å². The molecule has 2 saturated heterocycles. The molecule has 0 saturated carbocycles. The van der Waals surface area contributed by atoms with Crippen molar-refractivity contribution in [3.8, 4) is 0 Å². The van der Waals surface area contributed by atoms with Crippen LogP contribution in [-0.2, 0) is 9.53 Å². The van der Waals surface area contributed by atoms with Gasteiger partial charge in [-0.15, -0.1) is 5.10 Å². The molecule has 0 radical (unpaired) electrons. The Morgan fingerprint density at radius 2 is 1.80 bits per heavy atom. The van der Waals surface area contributed by atoms with E-state index >= 15 is 0 Å². The number of carbonyl (C=O) groups is 2. The molecule has 25 heavy (non-hydrogen) atoms. The van der Waals surface area contributed by atoms with Crippen molar-refractivity contribution in [3.63, 3.8) is 0 Å². The second kappa shape index (κ2) is 7.95. The molecule has 0 spiro atoms. The van der Waals surface area contributed by atoms with E-state index in [9.17, 15) is 9.59 Å². The molecular weight excluding hydrogens is 326 g/mol. The minimum Gasteiger partial charge on any atom is -0.450 e. The second-order valence-corrected chi connectivity index (χ2v) is 5.92. The molecule has 2 fully saturated rings. The fraction of sp³-hybridized carbons (Fsp3) is 0.667. The average Bonchev–Trinajstić information content (AvgIpc) is 2.68. The summed E-state index contributed by atoms with van der Waals surface area (Å²) < 4.78 is 5.03. The summed E-state index contributed by atoms with van der Waals surface area (Å²) in [5.74, 6) is 1.34. The SMILES string of the molecule is CCOC(=O)N1CCN(c2cnnc(N3CCN(C=O)CC3)n2)CC1. The highest BCUT2D eigenvalue weighted by Crippen LogP contribution is 2.17. The van der Waals surface area contributed by atoms with Crippen LogP contribution in [0.1, 0.15) is 6.92 Å². The van der Waals surface area contributed by atoms with Crippen LogP contribution in [0.4, 0.5) is 16.6 Å². The Bertz CT molecular complexity index is 599. The summed E-state index contributed by atoms with van der Waals surface area (Å²) in [5.41, 5.74) is 0. The van der Waals surface area contributed by atoms with Gasteiger partial charge < -0.3 is 24.3 Å². The predicted molar refractivity (Wildman–Crippen MR) is 90.5 cm³/mol. The van der Waals surface area contributed by atoms with Crippen molar-refractivity contribution < 1.29 is 14.3 Å². The monoisotopic (exact) mass is 349 g/mol. The molecule has 136 valence electrons. The quantitative estimate of drug-likeness (QED) is 0.667. The third-order valence-corrected chi connectivity index (χ3v) is 4.41. The number of nitrogens with zero attached hydrogens (tertiary/aromatic N) is 7. The van der Waals surface area contributed by atoms with E-state index in [4.69, 9.17) is 4.74 Å². The first-order chi connectivity index (χ1) is 12.2. The third-order valence-electron chi connectivity index (χ3n) is 4.41. The largest absolute Gasteiger partial charge is 0.450 e. The summed E-state index contributed by atoms with van der Waals surface area (Å²) in [7, 11) is 0. The smallest absolute Gasteiger partial charge is 0.409 e. The van der Waals surface area contributed by atoms with Crippen molar-refractivity contribution in [2.45, 2.75) is 6.92 Å². The van der Waals surface area contributed by atoms with Gasteiger partial charge >= 0.3 is 6.09 Å². The highest BCUT2D eigenvalue weighted by molar-refractivity contribution is 5.68. The summed E-state index contributed by atoms with van der Waals surface area (Å²) in [6.45, 7) is 7.44. The van der Waals surface area contributed by atoms with Crippen LogP contribution in [0.5, 0.6) is 0 Å². The number of carbonyl (C=O) groups excluding carboxylic acids is 2. The van der Waals surface area contributed by atoms with Gasteiger partial charge in [-0.2, -0.15) is 10.1 Å². The average molecular weight is 349 g/mol. The maximum atomic E-state index is 11.8. The van der Waals surface area contributed by atoms with Crippen LogP contribution in [-0.4, -0.2) is 96.4 Å². The first-order valence-corrected chi connectivity index (χ1v) is 8.52. The molecule has 3 heterocycles. The van der Waals surface area contributed by atoms with Gasteiger partial charge in [0.05, 0.1) is 12.8 Å². The first-order valence-electron chi connectivity index (χ1n) is 8.52. The van der Waals surface area contributed by atoms with Crippen LogP contribution < -0.4 is 9.80 Å². The minimum atomic E-state index is -0.267. The molecule has 0 aliphatic carbocycles. The highest BCUT2D eigenvalue weighted by atomic mass is 16.6. The maximum Gasteiger partial charge on any atom is 0.409 e. The van der Waals surface area contributed by atoms with Gasteiger partial charge in [0.2, 0.25) is 12.4 Å². The lowest BCUT2D eigenvalue weighted by Crippen LogP contribution is -2.49. The number of hydrogen-bond acceptors (Lipinski definition) is 8. The van der Waals surface area contributed by atoms with Crippen molar-refractivity contribution >= 4 is 24.3 Å². The molecule has 0 aromatic carbocycles. The second-order valence-electron chi connectivity index (χ2n) is 5.92. The molecule has 3 rings (SSSR count). The van der Waals surface area contributed by atoms with Gasteiger partial charge in [0.25, 0.3) is 0 Å². The molecule has 0 atom stereocenters. The van der Waals surface area contributed by atoms with Gasteiger partial charge in [0.15, 0.2) is 5.82 Å². The van der Waals surface area contributed by atoms with Gasteiger partial charge in [-0.1, -0.05) is 0 Å². The van der Waals surface area contributed by atoms with Gasteiger partial charge in [0.1, 0.15) is 0 Å². The van der Waals surface area contributed by atoms with E-state index in [1.807, 2.05) is 4.90 Å². The summed E-state index contributed by atoms with van der Waals surface area (Å²) in [6, 6.07) is 0. The Hall–Kier alpha value is -2.65. The van der Waals surface area contributed by atoms with Gasteiger partial charge in [-0.05, 0) is 6.92 Å². The normalized spacial score (nSPS) is 18.3. The molecule has 0 unspecified atom stereocenters. The Morgan fingerprint density at radius 1 is 1.12 bits per heavy atom. The van der Waals surface area contributed by atoms with Crippen LogP contribution in [0.15, 0.2) is 6.20 Å². The molecular formula is C15H23N7O3. The Balaban J connectivity index is 1.59. The summed E-state index contributed by atoms with van der Waals surface area (Å²) in [5, 5.41) is 8.20. The fourth-order valence-electron chi connectivity index (χ4n) is 2.93. The van der Waals surface area contributed by atoms with Crippen LogP contribution >= 0.6 is 0 Å². The van der Waals surface area contributed by atoms with Crippen molar-refractivity contribution in [3.05, 3.63) is 6.20 Å². The first kappa shape index (κ1) is 17.2. The number of ether oxygens (including phenoxy) is 1. The summed E-state index contributed by atoms with van der Waals surface area (Å²) in [4.78, 5) is 34.7. The lowest BCUT2D eigenvalue weighted by Gasteiger charge is -2.35. The zero-order valence-corrected chi connectivity index (χ0v) is 14.4. The third kappa shape index (κ3) is 4.06. The Kier molecular flexibility index (Phi) is 5.46. The molecule has 10 heteroatoms. The van der Waals surface area contributed by atoms with Crippen molar-refractivity contribution in [2.24, 2.45) is 0 Å². The molecule has 10 nitrogen and oxygen atoms in total. The molecule has 0 bridgehead atoms. The Labute approximate surface area is 146 Å².